The van der Waals surface area contributed by atoms with Gasteiger partial charge in [-0.05, 0) is 31.1 Å². The van der Waals surface area contributed by atoms with Crippen molar-refractivity contribution >= 4 is 0 Å². The molecule has 0 saturated carbocycles. The van der Waals surface area contributed by atoms with E-state index in [9.17, 15) is 0 Å². The van der Waals surface area contributed by atoms with Crippen LogP contribution in [0, 0.1) is 11.8 Å². The zero-order valence-electron chi connectivity index (χ0n) is 13.4. The molecule has 0 nitrogen and oxygen atoms in total. The molecule has 0 fully saturated rings. The molecular formula is C18H36. The highest BCUT2D eigenvalue weighted by molar-refractivity contribution is 4.86. The van der Waals surface area contributed by atoms with E-state index < -0.39 is 0 Å². The molecule has 0 N–H and O–H groups in total. The smallest absolute Gasteiger partial charge is 0.0262 e. The van der Waals surface area contributed by atoms with Crippen LogP contribution in [0.3, 0.4) is 0 Å². The summed E-state index contributed by atoms with van der Waals surface area (Å²) in [4.78, 5) is 0. The Morgan fingerprint density at radius 2 is 1.44 bits per heavy atom. The van der Waals surface area contributed by atoms with Crippen molar-refractivity contribution in [2.45, 2.75) is 91.9 Å². The summed E-state index contributed by atoms with van der Waals surface area (Å²) in [5.41, 5.74) is 0. The van der Waals surface area contributed by atoms with Gasteiger partial charge in [0.05, 0.1) is 0 Å². The summed E-state index contributed by atoms with van der Waals surface area (Å²) in [6.07, 6.45) is 18.6. The molecule has 0 aliphatic carbocycles. The second kappa shape index (κ2) is 13.2. The number of rotatable bonds is 12. The van der Waals surface area contributed by atoms with Crippen molar-refractivity contribution < 1.29 is 0 Å². The van der Waals surface area contributed by atoms with Crippen molar-refractivity contribution in [2.75, 3.05) is 0 Å². The Kier molecular flexibility index (Phi) is 13.0. The second-order valence-electron chi connectivity index (χ2n) is 6.08. The van der Waals surface area contributed by atoms with Crippen LogP contribution < -0.4 is 0 Å². The molecule has 0 heteroatoms. The van der Waals surface area contributed by atoms with Crippen LogP contribution in [-0.2, 0) is 0 Å². The summed E-state index contributed by atoms with van der Waals surface area (Å²) < 4.78 is 0. The summed E-state index contributed by atoms with van der Waals surface area (Å²) in [5, 5.41) is 0. The molecule has 0 aromatic rings. The van der Waals surface area contributed by atoms with E-state index in [1.165, 1.54) is 64.2 Å². The number of hydrogen-bond acceptors (Lipinski definition) is 0. The lowest BCUT2D eigenvalue weighted by Gasteiger charge is -2.13. The lowest BCUT2D eigenvalue weighted by Crippen LogP contribution is -1.98. The van der Waals surface area contributed by atoms with Crippen LogP contribution in [-0.4, -0.2) is 0 Å². The fourth-order valence-electron chi connectivity index (χ4n) is 2.37. The molecule has 0 rings (SSSR count). The molecule has 0 amide bonds. The van der Waals surface area contributed by atoms with E-state index in [4.69, 9.17) is 0 Å². The monoisotopic (exact) mass is 252 g/mol. The largest absolute Gasteiger partial charge is 0.0883 e. The molecule has 0 aliphatic rings. The summed E-state index contributed by atoms with van der Waals surface area (Å²) in [5.74, 6) is 1.70. The third-order valence-electron chi connectivity index (χ3n) is 3.85. The summed E-state index contributed by atoms with van der Waals surface area (Å²) >= 11 is 0. The van der Waals surface area contributed by atoms with Gasteiger partial charge in [-0.15, -0.1) is 0 Å². The second-order valence-corrected chi connectivity index (χ2v) is 6.08. The molecule has 0 aromatic heterocycles. The maximum Gasteiger partial charge on any atom is -0.0262 e. The summed E-state index contributed by atoms with van der Waals surface area (Å²) in [6, 6.07) is 0. The Morgan fingerprint density at radius 3 is 2.11 bits per heavy atom. The topological polar surface area (TPSA) is 0 Å². The van der Waals surface area contributed by atoms with Gasteiger partial charge in [0.25, 0.3) is 0 Å². The molecule has 0 radical (unpaired) electrons. The molecule has 0 saturated heterocycles. The first kappa shape index (κ1) is 17.7. The highest BCUT2D eigenvalue weighted by Crippen LogP contribution is 2.19. The maximum atomic E-state index is 2.44. The van der Waals surface area contributed by atoms with Gasteiger partial charge in [-0.1, -0.05) is 84.8 Å². The Hall–Kier alpha value is -0.260. The standard InChI is InChI=1S/C18H36/c1-5-7-9-10-12-14-18(4)16-15-17(3)13-11-8-6-2/h12,14,17-18H,5-11,13,15-16H2,1-4H3. The van der Waals surface area contributed by atoms with Crippen molar-refractivity contribution in [1.82, 2.24) is 0 Å². The lowest BCUT2D eigenvalue weighted by atomic mass is 9.93. The minimum atomic E-state index is 0.778. The quantitative estimate of drug-likeness (QED) is 0.266. The van der Waals surface area contributed by atoms with Crippen molar-refractivity contribution in [2.24, 2.45) is 11.8 Å². The van der Waals surface area contributed by atoms with Crippen LogP contribution in [0.1, 0.15) is 91.9 Å². The van der Waals surface area contributed by atoms with Gasteiger partial charge in [0.1, 0.15) is 0 Å². The minimum Gasteiger partial charge on any atom is -0.0883 e. The molecule has 0 aliphatic heterocycles. The summed E-state index contributed by atoms with van der Waals surface area (Å²) in [6.45, 7) is 9.35. The molecule has 0 spiro atoms. The van der Waals surface area contributed by atoms with Crippen LogP contribution in [0.15, 0.2) is 12.2 Å². The highest BCUT2D eigenvalue weighted by Gasteiger charge is 2.04. The van der Waals surface area contributed by atoms with Gasteiger partial charge in [0, 0.05) is 0 Å². The first-order chi connectivity index (χ1) is 8.70. The molecule has 108 valence electrons. The first-order valence-electron chi connectivity index (χ1n) is 8.37. The number of allylic oxidation sites excluding steroid dienone is 2. The Bertz CT molecular complexity index is 180. The van der Waals surface area contributed by atoms with E-state index in [1.807, 2.05) is 0 Å². The van der Waals surface area contributed by atoms with E-state index in [0.29, 0.717) is 0 Å². The Morgan fingerprint density at radius 1 is 0.778 bits per heavy atom. The molecule has 2 atom stereocenters. The minimum absolute atomic E-state index is 0.778. The van der Waals surface area contributed by atoms with E-state index in [0.717, 1.165) is 11.8 Å². The van der Waals surface area contributed by atoms with Gasteiger partial charge in [0.2, 0.25) is 0 Å². The zero-order valence-corrected chi connectivity index (χ0v) is 13.4. The fourth-order valence-corrected chi connectivity index (χ4v) is 2.37. The van der Waals surface area contributed by atoms with Crippen molar-refractivity contribution in [3.63, 3.8) is 0 Å². The summed E-state index contributed by atoms with van der Waals surface area (Å²) in [7, 11) is 0. The molecule has 18 heavy (non-hydrogen) atoms. The lowest BCUT2D eigenvalue weighted by molar-refractivity contribution is 0.426. The van der Waals surface area contributed by atoms with E-state index in [2.05, 4.69) is 39.8 Å². The van der Waals surface area contributed by atoms with Crippen molar-refractivity contribution in [1.29, 1.82) is 0 Å². The third-order valence-corrected chi connectivity index (χ3v) is 3.85. The van der Waals surface area contributed by atoms with Gasteiger partial charge < -0.3 is 0 Å². The van der Waals surface area contributed by atoms with Gasteiger partial charge >= 0.3 is 0 Å². The van der Waals surface area contributed by atoms with Gasteiger partial charge in [-0.2, -0.15) is 0 Å². The average molecular weight is 252 g/mol. The van der Waals surface area contributed by atoms with Crippen molar-refractivity contribution in [3.05, 3.63) is 12.2 Å². The molecular weight excluding hydrogens is 216 g/mol. The van der Waals surface area contributed by atoms with Gasteiger partial charge in [-0.25, -0.2) is 0 Å². The molecule has 2 unspecified atom stereocenters. The molecule has 0 heterocycles. The molecule has 0 bridgehead atoms. The van der Waals surface area contributed by atoms with E-state index >= 15 is 0 Å². The van der Waals surface area contributed by atoms with Crippen LogP contribution in [0.5, 0.6) is 0 Å². The Labute approximate surface area is 116 Å². The number of hydrogen-bond donors (Lipinski definition) is 0. The van der Waals surface area contributed by atoms with Crippen LogP contribution in [0.25, 0.3) is 0 Å². The van der Waals surface area contributed by atoms with Gasteiger partial charge in [0.15, 0.2) is 0 Å². The predicted molar refractivity (Wildman–Crippen MR) is 85.0 cm³/mol. The normalized spacial score (nSPS) is 15.1. The van der Waals surface area contributed by atoms with Gasteiger partial charge in [-0.3, -0.25) is 0 Å². The SMILES string of the molecule is CCCCCC=CC(C)CCC(C)CCCCC. The fraction of sp³-hybridized carbons (Fsp3) is 0.889. The highest BCUT2D eigenvalue weighted by atomic mass is 14.1. The average Bonchev–Trinajstić information content (AvgIpc) is 2.36. The van der Waals surface area contributed by atoms with Crippen molar-refractivity contribution in [3.8, 4) is 0 Å². The third kappa shape index (κ3) is 12.2. The maximum absolute atomic E-state index is 2.44. The van der Waals surface area contributed by atoms with Crippen LogP contribution in [0.4, 0.5) is 0 Å². The zero-order chi connectivity index (χ0) is 13.6. The molecule has 0 aromatic carbocycles. The van der Waals surface area contributed by atoms with E-state index in [1.54, 1.807) is 0 Å². The number of unbranched alkanes of at least 4 members (excludes halogenated alkanes) is 5. The Balaban J connectivity index is 3.47. The van der Waals surface area contributed by atoms with E-state index in [-0.39, 0.29) is 0 Å². The first-order valence-corrected chi connectivity index (χ1v) is 8.37. The van der Waals surface area contributed by atoms with Crippen LogP contribution >= 0.6 is 0 Å². The predicted octanol–water partition coefficient (Wildman–Crippen LogP) is 6.76. The van der Waals surface area contributed by atoms with Crippen LogP contribution in [0.2, 0.25) is 0 Å².